The lowest BCUT2D eigenvalue weighted by atomic mass is 9.44. The molecular weight excluding hydrogens is 432 g/mol. The molecule has 4 aliphatic carbocycles. The van der Waals surface area contributed by atoms with E-state index in [1.807, 2.05) is 11.1 Å². The minimum atomic E-state index is -0.450. The molecule has 1 spiro atoms. The molecule has 1 N–H and O–H groups in total. The van der Waals surface area contributed by atoms with Gasteiger partial charge in [-0.25, -0.2) is 0 Å². The van der Waals surface area contributed by atoms with Crippen LogP contribution >= 0.6 is 0 Å². The fourth-order valence-electron chi connectivity index (χ4n) is 10.5. The fourth-order valence-corrected chi connectivity index (χ4v) is 10.5. The molecule has 0 radical (unpaired) electrons. The molecule has 0 aromatic carbocycles. The predicted octanol–water partition coefficient (Wildman–Crippen LogP) is 8.06. The van der Waals surface area contributed by atoms with E-state index in [1.165, 1.54) is 64.2 Å². The van der Waals surface area contributed by atoms with Gasteiger partial charge in [0, 0.05) is 18.3 Å². The van der Waals surface area contributed by atoms with Gasteiger partial charge < -0.3 is 14.6 Å². The van der Waals surface area contributed by atoms with Gasteiger partial charge in [-0.15, -0.1) is 0 Å². The number of rotatable bonds is 9. The van der Waals surface area contributed by atoms with Gasteiger partial charge in [0.2, 0.25) is 0 Å². The summed E-state index contributed by atoms with van der Waals surface area (Å²) in [7, 11) is 0. The molecule has 1 aliphatic heterocycles. The van der Waals surface area contributed by atoms with E-state index in [9.17, 15) is 5.11 Å². The van der Waals surface area contributed by atoms with Crippen molar-refractivity contribution >= 4 is 0 Å². The van der Waals surface area contributed by atoms with Crippen LogP contribution < -0.4 is 0 Å². The summed E-state index contributed by atoms with van der Waals surface area (Å²) in [5.74, 6) is 2.97. The monoisotopic (exact) mass is 486 g/mol. The lowest BCUT2D eigenvalue weighted by Gasteiger charge is -2.60. The van der Waals surface area contributed by atoms with Crippen LogP contribution in [0.3, 0.4) is 0 Å². The average molecular weight is 487 g/mol. The Kier molecular flexibility index (Phi) is 7.06. The van der Waals surface area contributed by atoms with Gasteiger partial charge in [0.15, 0.2) is 5.79 Å². The van der Waals surface area contributed by atoms with Crippen LogP contribution in [0, 0.1) is 39.9 Å². The Balaban J connectivity index is 1.40. The van der Waals surface area contributed by atoms with Crippen molar-refractivity contribution in [3.63, 3.8) is 0 Å². The van der Waals surface area contributed by atoms with Gasteiger partial charge in [0.05, 0.1) is 19.3 Å². The first kappa shape index (κ1) is 26.2. The summed E-state index contributed by atoms with van der Waals surface area (Å²) in [4.78, 5) is 0. The van der Waals surface area contributed by atoms with Gasteiger partial charge in [0.1, 0.15) is 0 Å². The molecule has 0 aromatic heterocycles. The number of ether oxygens (including phenoxy) is 2. The molecule has 5 aliphatic rings. The zero-order valence-electron chi connectivity index (χ0n) is 23.8. The van der Waals surface area contributed by atoms with Gasteiger partial charge >= 0.3 is 0 Å². The van der Waals surface area contributed by atoms with Crippen LogP contribution in [0.25, 0.3) is 0 Å². The molecule has 8 atom stereocenters. The molecule has 2 unspecified atom stereocenters. The van der Waals surface area contributed by atoms with E-state index in [4.69, 9.17) is 9.47 Å². The second-order valence-electron chi connectivity index (χ2n) is 14.2. The normalized spacial score (nSPS) is 45.4. The third-order valence-electron chi connectivity index (χ3n) is 12.3. The van der Waals surface area contributed by atoms with Gasteiger partial charge in [-0.2, -0.15) is 0 Å². The summed E-state index contributed by atoms with van der Waals surface area (Å²) in [5.41, 5.74) is 4.74. The molecule has 35 heavy (non-hydrogen) atoms. The Morgan fingerprint density at radius 3 is 2.54 bits per heavy atom. The Labute approximate surface area is 215 Å². The largest absolute Gasteiger partial charge is 0.394 e. The number of fused-ring (bicyclic) bond motifs is 4. The van der Waals surface area contributed by atoms with Crippen LogP contribution in [0.2, 0.25) is 0 Å². The minimum absolute atomic E-state index is 0.0821. The van der Waals surface area contributed by atoms with E-state index in [-0.39, 0.29) is 23.5 Å². The lowest BCUT2D eigenvalue weighted by molar-refractivity contribution is -0.235. The van der Waals surface area contributed by atoms with E-state index < -0.39 is 5.79 Å². The molecule has 5 rings (SSSR count). The first-order valence-corrected chi connectivity index (χ1v) is 15.3. The zero-order chi connectivity index (χ0) is 25.1. The Hall–Kier alpha value is -0.380. The van der Waals surface area contributed by atoms with Crippen molar-refractivity contribution in [2.75, 3.05) is 13.2 Å². The van der Waals surface area contributed by atoms with Crippen molar-refractivity contribution in [3.05, 3.63) is 11.1 Å². The van der Waals surface area contributed by atoms with Crippen LogP contribution in [-0.4, -0.2) is 30.2 Å². The highest BCUT2D eigenvalue weighted by atomic mass is 16.7. The van der Waals surface area contributed by atoms with Crippen molar-refractivity contribution in [2.24, 2.45) is 39.9 Å². The highest BCUT2D eigenvalue weighted by Gasteiger charge is 2.69. The quantitative estimate of drug-likeness (QED) is 0.335. The second kappa shape index (κ2) is 9.42. The van der Waals surface area contributed by atoms with Gasteiger partial charge in [-0.3, -0.25) is 0 Å². The van der Waals surface area contributed by atoms with Crippen LogP contribution in [0.4, 0.5) is 0 Å². The minimum Gasteiger partial charge on any atom is -0.394 e. The summed E-state index contributed by atoms with van der Waals surface area (Å²) in [6.45, 7) is 15.4. The molecule has 1 saturated heterocycles. The SMILES string of the molecule is CC[C@@H]1O[C@@]2(OCCO)CC[C@]3(C)C4=C(CC[C@@]13C2)C1CCC([C@H](C)CCCC(C)C)[C@@]1(C)CC4. The highest BCUT2D eigenvalue weighted by molar-refractivity contribution is 5.38. The molecule has 3 heteroatoms. The molecule has 0 aromatic rings. The molecule has 1 heterocycles. The summed E-state index contributed by atoms with van der Waals surface area (Å²) < 4.78 is 13.0. The van der Waals surface area contributed by atoms with E-state index in [1.54, 1.807) is 0 Å². The van der Waals surface area contributed by atoms with E-state index in [0.717, 1.165) is 42.9 Å². The third-order valence-corrected chi connectivity index (χ3v) is 12.3. The lowest BCUT2D eigenvalue weighted by Crippen LogP contribution is -2.54. The van der Waals surface area contributed by atoms with Crippen LogP contribution in [0.15, 0.2) is 11.1 Å². The van der Waals surface area contributed by atoms with Crippen molar-refractivity contribution in [2.45, 2.75) is 137 Å². The molecule has 3 nitrogen and oxygen atoms in total. The number of hydrogen-bond donors (Lipinski definition) is 1. The standard InChI is InChI=1S/C32H54O3/c1-7-28-31-16-13-24-26-12-11-25(23(4)10-8-9-22(2)3)29(26,5)15-14-27(24)30(31,6)17-18-32(21-31,35-28)34-20-19-33/h22-23,25-26,28,33H,7-21H2,1-6H3/t23-,25?,26?,28+,29-,30-,31-,32+/m1/s1. The van der Waals surface area contributed by atoms with Gasteiger partial charge in [-0.05, 0) is 85.9 Å². The van der Waals surface area contributed by atoms with Crippen LogP contribution in [0.1, 0.15) is 125 Å². The van der Waals surface area contributed by atoms with Crippen molar-refractivity contribution in [1.82, 2.24) is 0 Å². The maximum absolute atomic E-state index is 9.43. The van der Waals surface area contributed by atoms with Crippen LogP contribution in [-0.2, 0) is 9.47 Å². The Bertz CT molecular complexity index is 818. The molecule has 200 valence electrons. The summed E-state index contributed by atoms with van der Waals surface area (Å²) in [6.07, 6.45) is 16.9. The smallest absolute Gasteiger partial charge is 0.169 e. The Morgan fingerprint density at radius 2 is 1.83 bits per heavy atom. The van der Waals surface area contributed by atoms with E-state index in [0.29, 0.717) is 12.0 Å². The Morgan fingerprint density at radius 1 is 1.03 bits per heavy atom. The number of allylic oxidation sites excluding steroid dienone is 2. The zero-order valence-corrected chi connectivity index (χ0v) is 23.8. The van der Waals surface area contributed by atoms with Crippen molar-refractivity contribution in [1.29, 1.82) is 0 Å². The third kappa shape index (κ3) is 3.92. The molecule has 3 fully saturated rings. The molecular formula is C32H54O3. The maximum atomic E-state index is 9.43. The van der Waals surface area contributed by atoms with Gasteiger partial charge in [-0.1, -0.05) is 72.0 Å². The van der Waals surface area contributed by atoms with E-state index in [2.05, 4.69) is 41.5 Å². The average Bonchev–Trinajstić information content (AvgIpc) is 3.32. The maximum Gasteiger partial charge on any atom is 0.169 e. The van der Waals surface area contributed by atoms with Crippen molar-refractivity contribution < 1.29 is 14.6 Å². The molecule has 0 amide bonds. The topological polar surface area (TPSA) is 38.7 Å². The predicted molar refractivity (Wildman–Crippen MR) is 143 cm³/mol. The number of aliphatic hydroxyl groups excluding tert-OH is 1. The van der Waals surface area contributed by atoms with Crippen molar-refractivity contribution in [3.8, 4) is 0 Å². The molecule has 2 saturated carbocycles. The van der Waals surface area contributed by atoms with Crippen LogP contribution in [0.5, 0.6) is 0 Å². The highest BCUT2D eigenvalue weighted by Crippen LogP contribution is 2.73. The van der Waals surface area contributed by atoms with Gasteiger partial charge in [0.25, 0.3) is 0 Å². The first-order chi connectivity index (χ1) is 16.6. The second-order valence-corrected chi connectivity index (χ2v) is 14.2. The fraction of sp³-hybridized carbons (Fsp3) is 0.938. The summed E-state index contributed by atoms with van der Waals surface area (Å²) >= 11 is 0. The summed E-state index contributed by atoms with van der Waals surface area (Å²) in [6, 6.07) is 0. The summed E-state index contributed by atoms with van der Waals surface area (Å²) in [5, 5.41) is 9.43. The number of hydrogen-bond acceptors (Lipinski definition) is 3. The molecule has 2 bridgehead atoms. The first-order valence-electron chi connectivity index (χ1n) is 15.3. The number of aliphatic hydroxyl groups is 1. The van der Waals surface area contributed by atoms with E-state index >= 15 is 0 Å².